The molecule has 1 amide bonds. The van der Waals surface area contributed by atoms with E-state index < -0.39 is 10.0 Å². The third-order valence-electron chi connectivity index (χ3n) is 3.69. The molecule has 6 nitrogen and oxygen atoms in total. The summed E-state index contributed by atoms with van der Waals surface area (Å²) in [7, 11) is -2.19. The van der Waals surface area contributed by atoms with Crippen LogP contribution in [0.15, 0.2) is 47.4 Å². The van der Waals surface area contributed by atoms with Crippen LogP contribution in [-0.2, 0) is 14.8 Å². The molecule has 140 valence electrons. The van der Waals surface area contributed by atoms with Gasteiger partial charge in [0.05, 0.1) is 4.90 Å². The van der Waals surface area contributed by atoms with Gasteiger partial charge in [0.15, 0.2) is 0 Å². The van der Waals surface area contributed by atoms with Crippen molar-refractivity contribution in [1.29, 1.82) is 0 Å². The lowest BCUT2D eigenvalue weighted by molar-refractivity contribution is 0.0948. The summed E-state index contributed by atoms with van der Waals surface area (Å²) in [6, 6.07) is 11.5. The van der Waals surface area contributed by atoms with Crippen LogP contribution in [0, 0.1) is 13.8 Å². The van der Waals surface area contributed by atoms with Gasteiger partial charge in [-0.25, -0.2) is 8.42 Å². The maximum absolute atomic E-state index is 12.6. The van der Waals surface area contributed by atoms with Crippen LogP contribution in [0.1, 0.15) is 27.9 Å². The van der Waals surface area contributed by atoms with Crippen molar-refractivity contribution in [3.63, 3.8) is 0 Å². The molecule has 0 unspecified atom stereocenters. The van der Waals surface area contributed by atoms with E-state index in [1.165, 1.54) is 12.1 Å². The van der Waals surface area contributed by atoms with E-state index in [1.54, 1.807) is 31.4 Å². The highest BCUT2D eigenvalue weighted by atomic mass is 32.2. The van der Waals surface area contributed by atoms with Gasteiger partial charge in [-0.3, -0.25) is 9.52 Å². The zero-order chi connectivity index (χ0) is 19.2. The van der Waals surface area contributed by atoms with Crippen molar-refractivity contribution in [2.75, 3.05) is 25.0 Å². The van der Waals surface area contributed by atoms with Gasteiger partial charge >= 0.3 is 0 Å². The molecular formula is C19H24N2O4S. The van der Waals surface area contributed by atoms with Crippen molar-refractivity contribution < 1.29 is 17.9 Å². The number of hydrogen-bond acceptors (Lipinski definition) is 4. The standard InChI is InChI=1S/C19H24N2O4S/c1-14-10-15(2)12-17(11-14)21-26(23,24)18-7-4-6-16(13-18)19(22)20-8-5-9-25-3/h4,6-7,10-13,21H,5,8-9H2,1-3H3,(H,20,22). The molecule has 0 atom stereocenters. The molecule has 0 fully saturated rings. The second-order valence-electron chi connectivity index (χ2n) is 6.11. The molecule has 0 bridgehead atoms. The van der Waals surface area contributed by atoms with Gasteiger partial charge in [-0.05, 0) is 61.7 Å². The van der Waals surface area contributed by atoms with Crippen LogP contribution >= 0.6 is 0 Å². The van der Waals surface area contributed by atoms with E-state index in [2.05, 4.69) is 10.0 Å². The van der Waals surface area contributed by atoms with Gasteiger partial charge in [-0.15, -0.1) is 0 Å². The van der Waals surface area contributed by atoms with E-state index in [-0.39, 0.29) is 10.8 Å². The molecule has 7 heteroatoms. The molecule has 0 aromatic heterocycles. The molecule has 0 saturated carbocycles. The molecule has 0 aliphatic rings. The van der Waals surface area contributed by atoms with Gasteiger partial charge in [0.2, 0.25) is 0 Å². The number of sulfonamides is 1. The summed E-state index contributed by atoms with van der Waals surface area (Å²) in [4.78, 5) is 12.2. The van der Waals surface area contributed by atoms with Gasteiger partial charge in [0.1, 0.15) is 0 Å². The van der Waals surface area contributed by atoms with Crippen molar-refractivity contribution in [2.24, 2.45) is 0 Å². The van der Waals surface area contributed by atoms with E-state index in [1.807, 2.05) is 19.9 Å². The number of methoxy groups -OCH3 is 1. The Morgan fingerprint density at radius 1 is 1.08 bits per heavy atom. The topological polar surface area (TPSA) is 84.5 Å². The Hall–Kier alpha value is -2.38. The van der Waals surface area contributed by atoms with Gasteiger partial charge in [-0.1, -0.05) is 12.1 Å². The second-order valence-corrected chi connectivity index (χ2v) is 7.79. The van der Waals surface area contributed by atoms with Crippen molar-refractivity contribution in [2.45, 2.75) is 25.2 Å². The van der Waals surface area contributed by atoms with E-state index in [0.717, 1.165) is 11.1 Å². The first-order valence-electron chi connectivity index (χ1n) is 8.30. The number of amides is 1. The number of nitrogens with one attached hydrogen (secondary N) is 2. The average molecular weight is 376 g/mol. The van der Waals surface area contributed by atoms with Crippen LogP contribution in [0.25, 0.3) is 0 Å². The Balaban J connectivity index is 2.15. The third kappa shape index (κ3) is 5.57. The fourth-order valence-corrected chi connectivity index (χ4v) is 3.66. The summed E-state index contributed by atoms with van der Waals surface area (Å²) >= 11 is 0. The summed E-state index contributed by atoms with van der Waals surface area (Å²) in [6.45, 7) is 4.82. The van der Waals surface area contributed by atoms with Gasteiger partial charge < -0.3 is 10.1 Å². The Labute approximate surface area is 154 Å². The molecule has 0 saturated heterocycles. The van der Waals surface area contributed by atoms with E-state index in [9.17, 15) is 13.2 Å². The predicted molar refractivity (Wildman–Crippen MR) is 102 cm³/mol. The van der Waals surface area contributed by atoms with Gasteiger partial charge in [-0.2, -0.15) is 0 Å². The number of benzene rings is 2. The minimum Gasteiger partial charge on any atom is -0.385 e. The van der Waals surface area contributed by atoms with Crippen molar-refractivity contribution >= 4 is 21.6 Å². The summed E-state index contributed by atoms with van der Waals surface area (Å²) in [5.41, 5.74) is 2.72. The molecule has 2 aromatic carbocycles. The Morgan fingerprint density at radius 2 is 1.77 bits per heavy atom. The van der Waals surface area contributed by atoms with Gasteiger partial charge in [0, 0.05) is 31.5 Å². The summed E-state index contributed by atoms with van der Waals surface area (Å²) < 4.78 is 32.8. The highest BCUT2D eigenvalue weighted by Gasteiger charge is 2.16. The minimum absolute atomic E-state index is 0.0428. The quantitative estimate of drug-likeness (QED) is 0.694. The fraction of sp³-hybridized carbons (Fsp3) is 0.316. The van der Waals surface area contributed by atoms with Crippen molar-refractivity contribution in [1.82, 2.24) is 5.32 Å². The maximum Gasteiger partial charge on any atom is 0.261 e. The predicted octanol–water partition coefficient (Wildman–Crippen LogP) is 2.87. The molecule has 2 N–H and O–H groups in total. The number of rotatable bonds is 8. The molecule has 0 spiro atoms. The number of carbonyl (C=O) groups excluding carboxylic acids is 1. The Bertz CT molecular complexity index is 859. The number of hydrogen-bond donors (Lipinski definition) is 2. The zero-order valence-electron chi connectivity index (χ0n) is 15.2. The van der Waals surface area contributed by atoms with Gasteiger partial charge in [0.25, 0.3) is 15.9 Å². The Kier molecular flexibility index (Phi) is 6.76. The third-order valence-corrected chi connectivity index (χ3v) is 5.07. The van der Waals surface area contributed by atoms with Crippen LogP contribution < -0.4 is 10.0 Å². The lowest BCUT2D eigenvalue weighted by Gasteiger charge is -2.11. The smallest absolute Gasteiger partial charge is 0.261 e. The summed E-state index contributed by atoms with van der Waals surface area (Å²) in [5, 5.41) is 2.74. The fourth-order valence-electron chi connectivity index (χ4n) is 2.57. The maximum atomic E-state index is 12.6. The van der Waals surface area contributed by atoms with Crippen LogP contribution in [-0.4, -0.2) is 34.6 Å². The van der Waals surface area contributed by atoms with E-state index in [0.29, 0.717) is 30.8 Å². The number of carbonyl (C=O) groups is 1. The Morgan fingerprint density at radius 3 is 2.42 bits per heavy atom. The molecular weight excluding hydrogens is 352 g/mol. The number of ether oxygens (including phenoxy) is 1. The molecule has 2 rings (SSSR count). The number of anilines is 1. The first-order chi connectivity index (χ1) is 12.3. The summed E-state index contributed by atoms with van der Waals surface area (Å²) in [5.74, 6) is -0.315. The lowest BCUT2D eigenvalue weighted by Crippen LogP contribution is -2.25. The highest BCUT2D eigenvalue weighted by molar-refractivity contribution is 7.92. The first-order valence-corrected chi connectivity index (χ1v) is 9.78. The largest absolute Gasteiger partial charge is 0.385 e. The summed E-state index contributed by atoms with van der Waals surface area (Å²) in [6.07, 6.45) is 0.689. The van der Waals surface area contributed by atoms with Crippen LogP contribution in [0.5, 0.6) is 0 Å². The van der Waals surface area contributed by atoms with Crippen molar-refractivity contribution in [3.8, 4) is 0 Å². The monoisotopic (exact) mass is 376 g/mol. The normalized spacial score (nSPS) is 11.2. The molecule has 2 aromatic rings. The number of aryl methyl sites for hydroxylation is 2. The van der Waals surface area contributed by atoms with Crippen LogP contribution in [0.2, 0.25) is 0 Å². The molecule has 26 heavy (non-hydrogen) atoms. The SMILES string of the molecule is COCCCNC(=O)c1cccc(S(=O)(=O)Nc2cc(C)cc(C)c2)c1. The van der Waals surface area contributed by atoms with Crippen LogP contribution in [0.4, 0.5) is 5.69 Å². The second kappa shape index (κ2) is 8.82. The zero-order valence-corrected chi connectivity index (χ0v) is 16.0. The first kappa shape index (κ1) is 19.9. The molecule has 0 aliphatic carbocycles. The molecule has 0 aliphatic heterocycles. The lowest BCUT2D eigenvalue weighted by atomic mass is 10.1. The molecule has 0 radical (unpaired) electrons. The minimum atomic E-state index is -3.78. The van der Waals surface area contributed by atoms with E-state index in [4.69, 9.17) is 4.74 Å². The highest BCUT2D eigenvalue weighted by Crippen LogP contribution is 2.19. The van der Waals surface area contributed by atoms with Crippen LogP contribution in [0.3, 0.4) is 0 Å². The molecule has 0 heterocycles. The van der Waals surface area contributed by atoms with E-state index >= 15 is 0 Å². The average Bonchev–Trinajstić information content (AvgIpc) is 2.57. The van der Waals surface area contributed by atoms with Crippen molar-refractivity contribution in [3.05, 3.63) is 59.2 Å².